The zero-order valence-electron chi connectivity index (χ0n) is 9.66. The number of hydrogen-bond donors (Lipinski definition) is 2. The van der Waals surface area contributed by atoms with E-state index < -0.39 is 0 Å². The summed E-state index contributed by atoms with van der Waals surface area (Å²) in [6.45, 7) is 3.36. The first kappa shape index (κ1) is 12.1. The van der Waals surface area contributed by atoms with Crippen LogP contribution in [0.1, 0.15) is 16.7 Å². The van der Waals surface area contributed by atoms with Gasteiger partial charge in [0, 0.05) is 24.3 Å². The lowest BCUT2D eigenvalue weighted by Gasteiger charge is -2.06. The molecule has 1 aromatic heterocycles. The van der Waals surface area contributed by atoms with Gasteiger partial charge in [0.1, 0.15) is 5.82 Å². The summed E-state index contributed by atoms with van der Waals surface area (Å²) in [6, 6.07) is 4.79. The monoisotopic (exact) mass is 250 g/mol. The molecule has 17 heavy (non-hydrogen) atoms. The minimum atomic E-state index is -0.250. The van der Waals surface area contributed by atoms with Gasteiger partial charge in [-0.3, -0.25) is 0 Å². The molecule has 1 heterocycles. The van der Waals surface area contributed by atoms with Gasteiger partial charge in [0.2, 0.25) is 0 Å². The molecule has 2 aromatic rings. The third-order valence-electron chi connectivity index (χ3n) is 2.67. The van der Waals surface area contributed by atoms with Crippen LogP contribution in [0.4, 0.5) is 10.1 Å². The van der Waals surface area contributed by atoms with E-state index in [-0.39, 0.29) is 5.82 Å². The molecule has 1 aromatic carbocycles. The molecule has 0 saturated heterocycles. The predicted octanol–water partition coefficient (Wildman–Crippen LogP) is 3.07. The Morgan fingerprint density at radius 3 is 2.65 bits per heavy atom. The molecule has 0 saturated carbocycles. The Labute approximate surface area is 104 Å². The van der Waals surface area contributed by atoms with Gasteiger partial charge >= 0.3 is 0 Å². The van der Waals surface area contributed by atoms with E-state index in [9.17, 15) is 4.39 Å². The predicted molar refractivity (Wildman–Crippen MR) is 70.4 cm³/mol. The molecule has 0 aliphatic carbocycles. The molecule has 0 spiro atoms. The van der Waals surface area contributed by atoms with E-state index in [0.29, 0.717) is 17.8 Å². The maximum atomic E-state index is 13.5. The average Bonchev–Trinajstić information content (AvgIpc) is 2.68. The highest BCUT2D eigenvalue weighted by Crippen LogP contribution is 2.14. The molecule has 4 heteroatoms. The molecule has 0 radical (unpaired) electrons. The Morgan fingerprint density at radius 1 is 1.24 bits per heavy atom. The molecule has 2 nitrogen and oxygen atoms in total. The summed E-state index contributed by atoms with van der Waals surface area (Å²) in [4.78, 5) is 0. The van der Waals surface area contributed by atoms with Crippen molar-refractivity contribution in [1.29, 1.82) is 0 Å². The van der Waals surface area contributed by atoms with Crippen molar-refractivity contribution in [3.8, 4) is 0 Å². The number of thiophene rings is 1. The van der Waals surface area contributed by atoms with Crippen LogP contribution in [0.2, 0.25) is 0 Å². The molecule has 3 N–H and O–H groups in total. The molecule has 2 rings (SSSR count). The zero-order chi connectivity index (χ0) is 12.3. The van der Waals surface area contributed by atoms with E-state index >= 15 is 0 Å². The number of halogens is 1. The van der Waals surface area contributed by atoms with Crippen molar-refractivity contribution in [2.75, 3.05) is 5.73 Å². The number of aryl methyl sites for hydroxylation is 1. The van der Waals surface area contributed by atoms with Crippen LogP contribution >= 0.6 is 11.3 Å². The van der Waals surface area contributed by atoms with Crippen molar-refractivity contribution in [3.05, 3.63) is 51.5 Å². The zero-order valence-corrected chi connectivity index (χ0v) is 10.5. The minimum absolute atomic E-state index is 0.250. The fourth-order valence-corrected chi connectivity index (χ4v) is 2.46. The smallest absolute Gasteiger partial charge is 0.129 e. The largest absolute Gasteiger partial charge is 0.399 e. The first-order valence-electron chi connectivity index (χ1n) is 5.43. The van der Waals surface area contributed by atoms with Crippen molar-refractivity contribution in [3.63, 3.8) is 0 Å². The van der Waals surface area contributed by atoms with Crippen LogP contribution < -0.4 is 11.1 Å². The summed E-state index contributed by atoms with van der Waals surface area (Å²) in [5.41, 5.74) is 9.15. The highest BCUT2D eigenvalue weighted by atomic mass is 32.1. The van der Waals surface area contributed by atoms with Crippen LogP contribution in [-0.2, 0) is 13.1 Å². The first-order chi connectivity index (χ1) is 8.16. The topological polar surface area (TPSA) is 38.0 Å². The standard InChI is InChI=1S/C13H15FN2S/c1-9-7-17-8-11(9)6-16-5-10-2-3-12(15)4-13(10)14/h2-4,7-8,16H,5-6,15H2,1H3. The Balaban J connectivity index is 1.92. The lowest BCUT2D eigenvalue weighted by Crippen LogP contribution is -2.14. The van der Waals surface area contributed by atoms with Crippen molar-refractivity contribution in [1.82, 2.24) is 5.32 Å². The third kappa shape index (κ3) is 3.05. The molecule has 90 valence electrons. The second-order valence-corrected chi connectivity index (χ2v) is 4.78. The van der Waals surface area contributed by atoms with Gasteiger partial charge in [0.25, 0.3) is 0 Å². The van der Waals surface area contributed by atoms with Gasteiger partial charge in [-0.2, -0.15) is 11.3 Å². The quantitative estimate of drug-likeness (QED) is 0.818. The number of nitrogens with two attached hydrogens (primary N) is 1. The minimum Gasteiger partial charge on any atom is -0.399 e. The van der Waals surface area contributed by atoms with E-state index in [1.54, 1.807) is 23.5 Å². The van der Waals surface area contributed by atoms with Gasteiger partial charge in [-0.1, -0.05) is 6.07 Å². The van der Waals surface area contributed by atoms with E-state index in [1.807, 2.05) is 0 Å². The maximum absolute atomic E-state index is 13.5. The number of nitrogens with one attached hydrogen (secondary N) is 1. The maximum Gasteiger partial charge on any atom is 0.129 e. The Bertz CT molecular complexity index is 508. The molecule has 0 aliphatic rings. The summed E-state index contributed by atoms with van der Waals surface area (Å²) < 4.78 is 13.5. The summed E-state index contributed by atoms with van der Waals surface area (Å²) in [7, 11) is 0. The fourth-order valence-electron chi connectivity index (χ4n) is 1.61. The van der Waals surface area contributed by atoms with Gasteiger partial charge in [0.05, 0.1) is 0 Å². The molecule has 0 atom stereocenters. The molecule has 0 fully saturated rings. The SMILES string of the molecule is Cc1cscc1CNCc1ccc(N)cc1F. The van der Waals surface area contributed by atoms with Crippen molar-refractivity contribution in [2.45, 2.75) is 20.0 Å². The number of benzene rings is 1. The Morgan fingerprint density at radius 2 is 2.00 bits per heavy atom. The Kier molecular flexibility index (Phi) is 3.76. The van der Waals surface area contributed by atoms with E-state index in [0.717, 1.165) is 6.54 Å². The number of hydrogen-bond acceptors (Lipinski definition) is 3. The van der Waals surface area contributed by atoms with Crippen LogP contribution in [0.3, 0.4) is 0 Å². The summed E-state index contributed by atoms with van der Waals surface area (Å²) in [6.07, 6.45) is 0. The van der Waals surface area contributed by atoms with Gasteiger partial charge in [-0.25, -0.2) is 4.39 Å². The molecular weight excluding hydrogens is 235 g/mol. The van der Waals surface area contributed by atoms with Crippen molar-refractivity contribution in [2.24, 2.45) is 0 Å². The van der Waals surface area contributed by atoms with Gasteiger partial charge < -0.3 is 11.1 Å². The lowest BCUT2D eigenvalue weighted by molar-refractivity contribution is 0.588. The average molecular weight is 250 g/mol. The number of anilines is 1. The highest BCUT2D eigenvalue weighted by Gasteiger charge is 2.03. The lowest BCUT2D eigenvalue weighted by atomic mass is 10.2. The van der Waals surface area contributed by atoms with Crippen molar-refractivity contribution < 1.29 is 4.39 Å². The third-order valence-corrected chi connectivity index (χ3v) is 3.58. The van der Waals surface area contributed by atoms with Gasteiger partial charge in [-0.15, -0.1) is 0 Å². The van der Waals surface area contributed by atoms with Crippen LogP contribution in [0.15, 0.2) is 29.0 Å². The fraction of sp³-hybridized carbons (Fsp3) is 0.231. The number of rotatable bonds is 4. The molecule has 0 amide bonds. The summed E-state index contributed by atoms with van der Waals surface area (Å²) in [5.74, 6) is -0.250. The van der Waals surface area contributed by atoms with E-state index in [4.69, 9.17) is 5.73 Å². The summed E-state index contributed by atoms with van der Waals surface area (Å²) in [5, 5.41) is 7.46. The van der Waals surface area contributed by atoms with Crippen LogP contribution in [-0.4, -0.2) is 0 Å². The van der Waals surface area contributed by atoms with Crippen LogP contribution in [0, 0.1) is 12.7 Å². The molecule has 0 unspecified atom stereocenters. The van der Waals surface area contributed by atoms with Gasteiger partial charge in [-0.05, 0) is 40.9 Å². The number of nitrogen functional groups attached to an aromatic ring is 1. The second kappa shape index (κ2) is 5.29. The second-order valence-electron chi connectivity index (χ2n) is 4.03. The van der Waals surface area contributed by atoms with Gasteiger partial charge in [0.15, 0.2) is 0 Å². The first-order valence-corrected chi connectivity index (χ1v) is 6.37. The molecule has 0 bridgehead atoms. The van der Waals surface area contributed by atoms with E-state index in [1.165, 1.54) is 17.2 Å². The van der Waals surface area contributed by atoms with Crippen LogP contribution in [0.25, 0.3) is 0 Å². The Hall–Kier alpha value is -1.39. The van der Waals surface area contributed by atoms with Crippen LogP contribution in [0.5, 0.6) is 0 Å². The van der Waals surface area contributed by atoms with E-state index in [2.05, 4.69) is 23.0 Å². The normalized spacial score (nSPS) is 10.7. The molecule has 0 aliphatic heterocycles. The highest BCUT2D eigenvalue weighted by molar-refractivity contribution is 7.08. The van der Waals surface area contributed by atoms with Crippen molar-refractivity contribution >= 4 is 17.0 Å². The molecular formula is C13H15FN2S. The summed E-state index contributed by atoms with van der Waals surface area (Å²) >= 11 is 1.69.